The molecule has 1 aliphatic heterocycles. The van der Waals surface area contributed by atoms with Gasteiger partial charge < -0.3 is 15.8 Å². The molecule has 0 amide bonds. The number of rotatable bonds is 2. The van der Waals surface area contributed by atoms with E-state index in [1.165, 1.54) is 17.7 Å². The molecule has 1 heterocycles. The Bertz CT molecular complexity index is 440. The van der Waals surface area contributed by atoms with Crippen molar-refractivity contribution in [3.63, 3.8) is 0 Å². The van der Waals surface area contributed by atoms with Crippen LogP contribution in [-0.2, 0) is 0 Å². The molecular weight excluding hydrogens is 246 g/mol. The van der Waals surface area contributed by atoms with E-state index < -0.39 is 0 Å². The lowest BCUT2D eigenvalue weighted by Crippen LogP contribution is -2.28. The van der Waals surface area contributed by atoms with Gasteiger partial charge in [0.25, 0.3) is 0 Å². The number of nitrogens with two attached hydrogens (primary N) is 1. The van der Waals surface area contributed by atoms with E-state index >= 15 is 0 Å². The van der Waals surface area contributed by atoms with Gasteiger partial charge in [0, 0.05) is 30.1 Å². The van der Waals surface area contributed by atoms with Crippen LogP contribution < -0.4 is 10.6 Å². The number of hydrogen-bond donors (Lipinski definition) is 2. The Hall–Kier alpha value is -1.36. The van der Waals surface area contributed by atoms with Crippen molar-refractivity contribution < 1.29 is 5.21 Å². The number of aryl methyl sites for hydroxylation is 1. The Morgan fingerprint density at radius 1 is 1.39 bits per heavy atom. The second kappa shape index (κ2) is 6.00. The molecule has 1 aliphatic rings. The van der Waals surface area contributed by atoms with Crippen LogP contribution in [0, 0.1) is 6.92 Å². The van der Waals surface area contributed by atoms with Crippen molar-refractivity contribution in [2.45, 2.75) is 13.3 Å². The van der Waals surface area contributed by atoms with Crippen LogP contribution in [-0.4, -0.2) is 35.6 Å². The van der Waals surface area contributed by atoms with Crippen LogP contribution in [0.5, 0.6) is 0 Å². The molecule has 0 saturated carbocycles. The van der Waals surface area contributed by atoms with E-state index in [1.54, 1.807) is 0 Å². The zero-order valence-electron chi connectivity index (χ0n) is 10.6. The minimum Gasteiger partial charge on any atom is -0.409 e. The minimum atomic E-state index is 0.182. The van der Waals surface area contributed by atoms with Crippen LogP contribution in [0.3, 0.4) is 0 Å². The summed E-state index contributed by atoms with van der Waals surface area (Å²) in [5.41, 5.74) is 8.84. The molecule has 2 rings (SSSR count). The summed E-state index contributed by atoms with van der Waals surface area (Å²) in [6, 6.07) is 6.03. The van der Waals surface area contributed by atoms with Gasteiger partial charge in [-0.25, -0.2) is 0 Å². The van der Waals surface area contributed by atoms with Crippen molar-refractivity contribution in [2.75, 3.05) is 29.5 Å². The molecule has 3 N–H and O–H groups in total. The fraction of sp³-hybridized carbons (Fsp3) is 0.462. The van der Waals surface area contributed by atoms with Gasteiger partial charge in [-0.05, 0) is 36.8 Å². The highest BCUT2D eigenvalue weighted by atomic mass is 32.2. The number of oxime groups is 1. The maximum atomic E-state index is 8.88. The number of amidine groups is 1. The largest absolute Gasteiger partial charge is 0.409 e. The first-order valence-corrected chi connectivity index (χ1v) is 7.29. The Labute approximate surface area is 112 Å². The highest BCUT2D eigenvalue weighted by Gasteiger charge is 2.16. The van der Waals surface area contributed by atoms with E-state index in [2.05, 4.69) is 23.0 Å². The highest BCUT2D eigenvalue weighted by Crippen LogP contribution is 2.24. The molecule has 0 aliphatic carbocycles. The lowest BCUT2D eigenvalue weighted by atomic mass is 10.1. The van der Waals surface area contributed by atoms with E-state index in [1.807, 2.05) is 23.9 Å². The molecular formula is C13H19N3OS. The molecule has 4 nitrogen and oxygen atoms in total. The van der Waals surface area contributed by atoms with Crippen LogP contribution in [0.15, 0.2) is 23.4 Å². The van der Waals surface area contributed by atoms with E-state index in [0.29, 0.717) is 0 Å². The van der Waals surface area contributed by atoms with Crippen LogP contribution in [0.25, 0.3) is 0 Å². The third-order valence-corrected chi connectivity index (χ3v) is 4.15. The first-order valence-electron chi connectivity index (χ1n) is 6.13. The van der Waals surface area contributed by atoms with Gasteiger partial charge in [0.1, 0.15) is 0 Å². The topological polar surface area (TPSA) is 61.9 Å². The summed E-state index contributed by atoms with van der Waals surface area (Å²) in [5.74, 6) is 2.52. The molecule has 1 saturated heterocycles. The number of nitrogens with zero attached hydrogens (tertiary/aromatic N) is 2. The predicted octanol–water partition coefficient (Wildman–Crippen LogP) is 2.03. The van der Waals surface area contributed by atoms with Crippen LogP contribution >= 0.6 is 11.8 Å². The third-order valence-electron chi connectivity index (χ3n) is 3.10. The van der Waals surface area contributed by atoms with Gasteiger partial charge in [-0.1, -0.05) is 11.2 Å². The Balaban J connectivity index is 2.37. The van der Waals surface area contributed by atoms with E-state index in [0.717, 1.165) is 30.1 Å². The molecule has 1 aromatic rings. The fourth-order valence-electron chi connectivity index (χ4n) is 2.16. The lowest BCUT2D eigenvalue weighted by Gasteiger charge is -2.25. The summed E-state index contributed by atoms with van der Waals surface area (Å²) in [7, 11) is 0. The second-order valence-electron chi connectivity index (χ2n) is 4.46. The van der Waals surface area contributed by atoms with Crippen molar-refractivity contribution >= 4 is 23.3 Å². The van der Waals surface area contributed by atoms with Crippen LogP contribution in [0.2, 0.25) is 0 Å². The van der Waals surface area contributed by atoms with E-state index in [4.69, 9.17) is 10.9 Å². The predicted molar refractivity (Wildman–Crippen MR) is 77.8 cm³/mol. The molecule has 0 aromatic heterocycles. The molecule has 0 bridgehead atoms. The van der Waals surface area contributed by atoms with Crippen molar-refractivity contribution in [2.24, 2.45) is 10.9 Å². The average molecular weight is 265 g/mol. The minimum absolute atomic E-state index is 0.182. The first kappa shape index (κ1) is 13.1. The van der Waals surface area contributed by atoms with Crippen molar-refractivity contribution in [3.8, 4) is 0 Å². The van der Waals surface area contributed by atoms with Crippen LogP contribution in [0.4, 0.5) is 5.69 Å². The Kier molecular flexibility index (Phi) is 4.36. The second-order valence-corrected chi connectivity index (χ2v) is 5.68. The van der Waals surface area contributed by atoms with Gasteiger partial charge in [0.05, 0.1) is 0 Å². The summed E-state index contributed by atoms with van der Waals surface area (Å²) in [4.78, 5) is 2.33. The smallest absolute Gasteiger partial charge is 0.172 e. The van der Waals surface area contributed by atoms with Gasteiger partial charge in [-0.2, -0.15) is 11.8 Å². The van der Waals surface area contributed by atoms with Crippen molar-refractivity contribution in [1.82, 2.24) is 0 Å². The zero-order chi connectivity index (χ0) is 13.0. The summed E-state index contributed by atoms with van der Waals surface area (Å²) in [6.07, 6.45) is 1.17. The summed E-state index contributed by atoms with van der Waals surface area (Å²) >= 11 is 1.99. The molecule has 0 atom stereocenters. The number of anilines is 1. The molecule has 1 fully saturated rings. The lowest BCUT2D eigenvalue weighted by molar-refractivity contribution is 0.318. The monoisotopic (exact) mass is 265 g/mol. The fourth-order valence-corrected chi connectivity index (χ4v) is 3.05. The average Bonchev–Trinajstić information content (AvgIpc) is 2.66. The molecule has 0 radical (unpaired) electrons. The summed E-state index contributed by atoms with van der Waals surface area (Å²) in [6.45, 7) is 4.11. The maximum Gasteiger partial charge on any atom is 0.172 e. The van der Waals surface area contributed by atoms with E-state index in [-0.39, 0.29) is 5.84 Å². The molecule has 0 unspecified atom stereocenters. The van der Waals surface area contributed by atoms with Gasteiger partial charge >= 0.3 is 0 Å². The molecule has 1 aromatic carbocycles. The van der Waals surface area contributed by atoms with Gasteiger partial charge in [-0.3, -0.25) is 0 Å². The highest BCUT2D eigenvalue weighted by molar-refractivity contribution is 7.99. The molecule has 5 heteroatoms. The Morgan fingerprint density at radius 2 is 2.22 bits per heavy atom. The standard InChI is InChI=1S/C13H19N3OS/c1-10-3-4-11(13(14)15-17)12(9-10)16-5-2-7-18-8-6-16/h3-4,9,17H,2,5-8H2,1H3,(H2,14,15). The van der Waals surface area contributed by atoms with Crippen LogP contribution in [0.1, 0.15) is 17.5 Å². The van der Waals surface area contributed by atoms with Gasteiger partial charge in [-0.15, -0.1) is 0 Å². The third kappa shape index (κ3) is 2.90. The first-order chi connectivity index (χ1) is 8.72. The SMILES string of the molecule is Cc1ccc(C(N)=NO)c(N2CCCSCC2)c1. The van der Waals surface area contributed by atoms with Gasteiger partial charge in [0.15, 0.2) is 5.84 Å². The van der Waals surface area contributed by atoms with Crippen molar-refractivity contribution in [1.29, 1.82) is 0 Å². The number of benzene rings is 1. The van der Waals surface area contributed by atoms with Crippen molar-refractivity contribution in [3.05, 3.63) is 29.3 Å². The van der Waals surface area contributed by atoms with Gasteiger partial charge in [0.2, 0.25) is 0 Å². The molecule has 0 spiro atoms. The molecule has 98 valence electrons. The number of hydrogen-bond acceptors (Lipinski definition) is 4. The quantitative estimate of drug-likeness (QED) is 0.372. The molecule has 18 heavy (non-hydrogen) atoms. The summed E-state index contributed by atoms with van der Waals surface area (Å²) < 4.78 is 0. The zero-order valence-corrected chi connectivity index (χ0v) is 11.4. The Morgan fingerprint density at radius 3 is 3.00 bits per heavy atom. The number of thioether (sulfide) groups is 1. The summed E-state index contributed by atoms with van der Waals surface area (Å²) in [5, 5.41) is 12.0. The normalized spacial score (nSPS) is 17.6. The maximum absolute atomic E-state index is 8.88. The van der Waals surface area contributed by atoms with E-state index in [9.17, 15) is 0 Å².